The second kappa shape index (κ2) is 6.26. The van der Waals surface area contributed by atoms with E-state index in [9.17, 15) is 4.79 Å². The highest BCUT2D eigenvalue weighted by atomic mass is 32.2. The Kier molecular flexibility index (Phi) is 3.95. The van der Waals surface area contributed by atoms with Gasteiger partial charge in [0.1, 0.15) is 0 Å². The fraction of sp³-hybridized carbons (Fsp3) is 0.235. The third-order valence-corrected chi connectivity index (χ3v) is 5.35. The van der Waals surface area contributed by atoms with Crippen molar-refractivity contribution in [3.63, 3.8) is 0 Å². The second-order valence-electron chi connectivity index (χ2n) is 5.79. The van der Waals surface area contributed by atoms with Gasteiger partial charge >= 0.3 is 0 Å². The number of nitrogens with zero attached hydrogens (tertiary/aromatic N) is 2. The summed E-state index contributed by atoms with van der Waals surface area (Å²) < 4.78 is 0. The highest BCUT2D eigenvalue weighted by molar-refractivity contribution is 7.99. The first-order chi connectivity index (χ1) is 11.7. The quantitative estimate of drug-likeness (QED) is 0.666. The maximum atomic E-state index is 12.6. The minimum atomic E-state index is -0.148. The van der Waals surface area contributed by atoms with Gasteiger partial charge in [-0.05, 0) is 42.4 Å². The Morgan fingerprint density at radius 3 is 3.21 bits per heavy atom. The predicted molar refractivity (Wildman–Crippen MR) is 95.2 cm³/mol. The van der Waals surface area contributed by atoms with E-state index >= 15 is 0 Å². The first-order valence-electron chi connectivity index (χ1n) is 7.84. The molecule has 24 heavy (non-hydrogen) atoms. The van der Waals surface area contributed by atoms with Crippen LogP contribution in [0.1, 0.15) is 34.8 Å². The SMILES string of the molecule is NC1CCCSc2cc(C(=O)Nc3ccnc4[nH]ncc34)ccc21. The number of rotatable bonds is 2. The van der Waals surface area contributed by atoms with Crippen LogP contribution in [0.2, 0.25) is 0 Å². The van der Waals surface area contributed by atoms with Gasteiger partial charge in [-0.2, -0.15) is 5.10 Å². The molecule has 0 aliphatic carbocycles. The van der Waals surface area contributed by atoms with Crippen molar-refractivity contribution in [3.8, 4) is 0 Å². The van der Waals surface area contributed by atoms with E-state index in [2.05, 4.69) is 20.5 Å². The number of amides is 1. The summed E-state index contributed by atoms with van der Waals surface area (Å²) in [6, 6.07) is 7.58. The van der Waals surface area contributed by atoms with E-state index in [-0.39, 0.29) is 11.9 Å². The smallest absolute Gasteiger partial charge is 0.255 e. The fourth-order valence-corrected chi connectivity index (χ4v) is 4.03. The third-order valence-electron chi connectivity index (χ3n) is 4.19. The van der Waals surface area contributed by atoms with Gasteiger partial charge in [0.15, 0.2) is 5.65 Å². The van der Waals surface area contributed by atoms with E-state index in [1.807, 2.05) is 18.2 Å². The molecule has 3 heterocycles. The summed E-state index contributed by atoms with van der Waals surface area (Å²) in [5, 5.41) is 10.5. The molecule has 6 nitrogen and oxygen atoms in total. The molecule has 0 spiro atoms. The summed E-state index contributed by atoms with van der Waals surface area (Å²) in [7, 11) is 0. The Bertz CT molecular complexity index is 907. The molecule has 1 atom stereocenters. The van der Waals surface area contributed by atoms with Gasteiger partial charge in [-0.1, -0.05) is 6.07 Å². The van der Waals surface area contributed by atoms with E-state index in [1.165, 1.54) is 0 Å². The molecule has 1 amide bonds. The molecule has 0 saturated carbocycles. The number of H-pyrrole nitrogens is 1. The van der Waals surface area contributed by atoms with Gasteiger partial charge in [-0.25, -0.2) is 4.98 Å². The van der Waals surface area contributed by atoms with Crippen molar-refractivity contribution in [2.45, 2.75) is 23.8 Å². The molecule has 0 radical (unpaired) electrons. The van der Waals surface area contributed by atoms with Crippen LogP contribution in [0.25, 0.3) is 11.0 Å². The highest BCUT2D eigenvalue weighted by Crippen LogP contribution is 2.34. The van der Waals surface area contributed by atoms with Crippen molar-refractivity contribution < 1.29 is 4.79 Å². The molecule has 4 rings (SSSR count). The molecular formula is C17H17N5OS. The number of hydrogen-bond donors (Lipinski definition) is 3. The summed E-state index contributed by atoms with van der Waals surface area (Å²) in [5.41, 5.74) is 9.32. The summed E-state index contributed by atoms with van der Waals surface area (Å²) in [6.07, 6.45) is 5.38. The van der Waals surface area contributed by atoms with Gasteiger partial charge in [-0.3, -0.25) is 9.89 Å². The lowest BCUT2D eigenvalue weighted by molar-refractivity contribution is 0.102. The number of aromatic amines is 1. The van der Waals surface area contributed by atoms with Gasteiger partial charge in [-0.15, -0.1) is 11.8 Å². The van der Waals surface area contributed by atoms with E-state index in [0.29, 0.717) is 16.9 Å². The van der Waals surface area contributed by atoms with Crippen LogP contribution < -0.4 is 11.1 Å². The third kappa shape index (κ3) is 2.76. The van der Waals surface area contributed by atoms with Crippen LogP contribution in [0.4, 0.5) is 5.69 Å². The van der Waals surface area contributed by atoms with Crippen molar-refractivity contribution in [3.05, 3.63) is 47.8 Å². The number of pyridine rings is 1. The van der Waals surface area contributed by atoms with Crippen molar-refractivity contribution >= 4 is 34.4 Å². The minimum Gasteiger partial charge on any atom is -0.324 e. The molecule has 1 aromatic carbocycles. The maximum absolute atomic E-state index is 12.6. The number of nitrogens with one attached hydrogen (secondary N) is 2. The standard InChI is InChI=1S/C17H17N5OS/c18-13-2-1-7-24-15-8-10(3-4-11(13)15)17(23)21-14-5-6-19-16-12(14)9-20-22-16/h3-6,8-9,13H,1-2,7,18H2,(H2,19,20,21,22,23). The molecule has 0 fully saturated rings. The second-order valence-corrected chi connectivity index (χ2v) is 6.93. The molecular weight excluding hydrogens is 322 g/mol. The van der Waals surface area contributed by atoms with E-state index in [0.717, 1.165) is 34.4 Å². The monoisotopic (exact) mass is 339 g/mol. The van der Waals surface area contributed by atoms with Crippen LogP contribution in [0, 0.1) is 0 Å². The zero-order valence-electron chi connectivity index (χ0n) is 13.0. The molecule has 1 aliphatic rings. The van der Waals surface area contributed by atoms with Crippen LogP contribution in [0.3, 0.4) is 0 Å². The van der Waals surface area contributed by atoms with Gasteiger partial charge in [0.05, 0.1) is 17.3 Å². The molecule has 122 valence electrons. The van der Waals surface area contributed by atoms with Crippen molar-refractivity contribution in [2.24, 2.45) is 5.73 Å². The first kappa shape index (κ1) is 15.2. The Balaban J connectivity index is 1.63. The average Bonchev–Trinajstić information content (AvgIpc) is 3.00. The summed E-state index contributed by atoms with van der Waals surface area (Å²) in [4.78, 5) is 17.9. The van der Waals surface area contributed by atoms with Gasteiger partial charge in [0.2, 0.25) is 0 Å². The Labute approximate surface area is 143 Å². The van der Waals surface area contributed by atoms with Gasteiger partial charge in [0, 0.05) is 22.7 Å². The zero-order valence-corrected chi connectivity index (χ0v) is 13.8. The molecule has 7 heteroatoms. The van der Waals surface area contributed by atoms with Gasteiger partial charge < -0.3 is 11.1 Å². The van der Waals surface area contributed by atoms with Gasteiger partial charge in [0.25, 0.3) is 5.91 Å². The Morgan fingerprint density at radius 2 is 2.29 bits per heavy atom. The summed E-state index contributed by atoms with van der Waals surface area (Å²) in [6.45, 7) is 0. The van der Waals surface area contributed by atoms with E-state index in [4.69, 9.17) is 5.73 Å². The number of benzene rings is 1. The van der Waals surface area contributed by atoms with Crippen molar-refractivity contribution in [1.82, 2.24) is 15.2 Å². The van der Waals surface area contributed by atoms with Crippen LogP contribution in [-0.4, -0.2) is 26.8 Å². The molecule has 2 aromatic heterocycles. The number of carbonyl (C=O) groups is 1. The number of anilines is 1. The number of nitrogens with two attached hydrogens (primary N) is 1. The Morgan fingerprint density at radius 1 is 1.38 bits per heavy atom. The number of carbonyl (C=O) groups excluding carboxylic acids is 1. The lowest BCUT2D eigenvalue weighted by Gasteiger charge is -2.13. The van der Waals surface area contributed by atoms with Crippen LogP contribution in [0.15, 0.2) is 41.6 Å². The normalized spacial score (nSPS) is 17.3. The summed E-state index contributed by atoms with van der Waals surface area (Å²) in [5.74, 6) is 0.885. The van der Waals surface area contributed by atoms with Crippen LogP contribution in [-0.2, 0) is 0 Å². The minimum absolute atomic E-state index is 0.0536. The molecule has 4 N–H and O–H groups in total. The first-order valence-corrected chi connectivity index (χ1v) is 8.83. The van der Waals surface area contributed by atoms with Crippen molar-refractivity contribution in [2.75, 3.05) is 11.1 Å². The average molecular weight is 339 g/mol. The molecule has 0 saturated heterocycles. The van der Waals surface area contributed by atoms with Crippen LogP contribution >= 0.6 is 11.8 Å². The molecule has 1 aliphatic heterocycles. The number of aromatic nitrogens is 3. The lowest BCUT2D eigenvalue weighted by Crippen LogP contribution is -2.14. The highest BCUT2D eigenvalue weighted by Gasteiger charge is 2.18. The Hall–Kier alpha value is -2.38. The molecule has 0 bridgehead atoms. The van der Waals surface area contributed by atoms with E-state index in [1.54, 1.807) is 30.2 Å². The molecule has 3 aromatic rings. The summed E-state index contributed by atoms with van der Waals surface area (Å²) >= 11 is 1.77. The zero-order chi connectivity index (χ0) is 16.5. The molecule has 1 unspecified atom stereocenters. The number of fused-ring (bicyclic) bond motifs is 2. The predicted octanol–water partition coefficient (Wildman–Crippen LogP) is 3.10. The van der Waals surface area contributed by atoms with E-state index < -0.39 is 0 Å². The lowest BCUT2D eigenvalue weighted by atomic mass is 10.0. The van der Waals surface area contributed by atoms with Crippen molar-refractivity contribution in [1.29, 1.82) is 0 Å². The topological polar surface area (TPSA) is 96.7 Å². The number of hydrogen-bond acceptors (Lipinski definition) is 5. The maximum Gasteiger partial charge on any atom is 0.255 e. The van der Waals surface area contributed by atoms with Crippen LogP contribution in [0.5, 0.6) is 0 Å². The number of thioether (sulfide) groups is 1. The fourth-order valence-electron chi connectivity index (χ4n) is 2.90. The largest absolute Gasteiger partial charge is 0.324 e.